The van der Waals surface area contributed by atoms with Crippen LogP contribution >= 0.6 is 23.4 Å². The molecular formula is C19H14ClNO3S. The van der Waals surface area contributed by atoms with Crippen molar-refractivity contribution in [2.45, 2.75) is 6.92 Å². The largest absolute Gasteiger partial charge is 0.293 e. The summed E-state index contributed by atoms with van der Waals surface area (Å²) < 4.78 is 0. The van der Waals surface area contributed by atoms with E-state index in [4.69, 9.17) is 11.6 Å². The summed E-state index contributed by atoms with van der Waals surface area (Å²) in [6.45, 7) is 1.65. The zero-order valence-corrected chi connectivity index (χ0v) is 14.9. The number of thioether (sulfide) groups is 1. The molecule has 6 heteroatoms. The van der Waals surface area contributed by atoms with E-state index in [0.29, 0.717) is 15.5 Å². The van der Waals surface area contributed by atoms with E-state index in [0.717, 1.165) is 27.8 Å². The maximum Gasteiger partial charge on any atom is 0.293 e. The van der Waals surface area contributed by atoms with Gasteiger partial charge in [0.25, 0.3) is 11.1 Å². The molecule has 1 aliphatic rings. The van der Waals surface area contributed by atoms with Gasteiger partial charge in [0.15, 0.2) is 5.78 Å². The van der Waals surface area contributed by atoms with E-state index in [2.05, 4.69) is 0 Å². The number of hydrogen-bond acceptors (Lipinski definition) is 4. The van der Waals surface area contributed by atoms with Gasteiger partial charge in [0, 0.05) is 10.6 Å². The van der Waals surface area contributed by atoms with Gasteiger partial charge in [0.2, 0.25) is 0 Å². The molecule has 2 aromatic rings. The maximum absolute atomic E-state index is 12.5. The molecule has 0 atom stereocenters. The molecule has 25 heavy (non-hydrogen) atoms. The SMILES string of the molecule is Cc1ccccc1/C=C1/SC(=O)N(CC(=O)c2ccc(Cl)cc2)C1=O. The van der Waals surface area contributed by atoms with Gasteiger partial charge in [-0.25, -0.2) is 0 Å². The molecule has 0 saturated carbocycles. The fraction of sp³-hybridized carbons (Fsp3) is 0.105. The van der Waals surface area contributed by atoms with E-state index >= 15 is 0 Å². The normalized spacial score (nSPS) is 15.9. The first-order valence-electron chi connectivity index (χ1n) is 7.55. The molecule has 126 valence electrons. The first kappa shape index (κ1) is 17.5. The van der Waals surface area contributed by atoms with E-state index in [1.54, 1.807) is 30.3 Å². The molecule has 3 rings (SSSR count). The highest BCUT2D eigenvalue weighted by atomic mass is 35.5. The Morgan fingerprint density at radius 1 is 1.12 bits per heavy atom. The number of carbonyl (C=O) groups excluding carboxylic acids is 3. The third-order valence-corrected chi connectivity index (χ3v) is 4.98. The Morgan fingerprint density at radius 2 is 1.80 bits per heavy atom. The van der Waals surface area contributed by atoms with Gasteiger partial charge in [-0.15, -0.1) is 0 Å². The third-order valence-electron chi connectivity index (χ3n) is 3.82. The molecule has 0 bridgehead atoms. The fourth-order valence-electron chi connectivity index (χ4n) is 2.40. The number of benzene rings is 2. The molecule has 1 fully saturated rings. The van der Waals surface area contributed by atoms with E-state index in [-0.39, 0.29) is 12.3 Å². The average molecular weight is 372 g/mol. The van der Waals surface area contributed by atoms with E-state index in [1.165, 1.54) is 0 Å². The van der Waals surface area contributed by atoms with Crippen molar-refractivity contribution in [3.63, 3.8) is 0 Å². The number of amides is 2. The van der Waals surface area contributed by atoms with Crippen LogP contribution in [0.2, 0.25) is 5.02 Å². The summed E-state index contributed by atoms with van der Waals surface area (Å²) in [6.07, 6.45) is 1.69. The molecule has 1 heterocycles. The predicted octanol–water partition coefficient (Wildman–Crippen LogP) is 4.57. The van der Waals surface area contributed by atoms with Gasteiger partial charge >= 0.3 is 0 Å². The maximum atomic E-state index is 12.5. The molecule has 1 aliphatic heterocycles. The van der Waals surface area contributed by atoms with Crippen molar-refractivity contribution in [2.24, 2.45) is 0 Å². The van der Waals surface area contributed by atoms with Crippen LogP contribution in [0.5, 0.6) is 0 Å². The highest BCUT2D eigenvalue weighted by Crippen LogP contribution is 2.32. The molecule has 0 N–H and O–H groups in total. The number of Topliss-reactive ketones (excluding diaryl/α,β-unsaturated/α-hetero) is 1. The van der Waals surface area contributed by atoms with Crippen LogP contribution in [-0.2, 0) is 4.79 Å². The monoisotopic (exact) mass is 371 g/mol. The minimum atomic E-state index is -0.444. The summed E-state index contributed by atoms with van der Waals surface area (Å²) >= 11 is 6.65. The number of halogens is 1. The second-order valence-electron chi connectivity index (χ2n) is 5.55. The molecule has 0 aromatic heterocycles. The lowest BCUT2D eigenvalue weighted by molar-refractivity contribution is -0.122. The minimum absolute atomic E-state index is 0.280. The van der Waals surface area contributed by atoms with Gasteiger partial charge in [-0.2, -0.15) is 0 Å². The van der Waals surface area contributed by atoms with Crippen molar-refractivity contribution < 1.29 is 14.4 Å². The number of nitrogens with zero attached hydrogens (tertiary/aromatic N) is 1. The first-order valence-corrected chi connectivity index (χ1v) is 8.75. The molecule has 0 unspecified atom stereocenters. The number of hydrogen-bond donors (Lipinski definition) is 0. The summed E-state index contributed by atoms with van der Waals surface area (Å²) in [5, 5.41) is 0.0797. The average Bonchev–Trinajstić information content (AvgIpc) is 2.85. The molecule has 2 aromatic carbocycles. The zero-order chi connectivity index (χ0) is 18.0. The van der Waals surface area contributed by atoms with Crippen LogP contribution in [0.3, 0.4) is 0 Å². The minimum Gasteiger partial charge on any atom is -0.292 e. The lowest BCUT2D eigenvalue weighted by atomic mass is 10.1. The van der Waals surface area contributed by atoms with Crippen LogP contribution in [0.4, 0.5) is 4.79 Å². The highest BCUT2D eigenvalue weighted by molar-refractivity contribution is 8.18. The summed E-state index contributed by atoms with van der Waals surface area (Å²) in [5.74, 6) is -0.753. The van der Waals surface area contributed by atoms with Crippen molar-refractivity contribution in [1.82, 2.24) is 4.90 Å². The molecule has 0 aliphatic carbocycles. The second kappa shape index (κ2) is 7.25. The lowest BCUT2D eigenvalue weighted by Crippen LogP contribution is -2.33. The van der Waals surface area contributed by atoms with Crippen LogP contribution in [0.15, 0.2) is 53.4 Å². The standard InChI is InChI=1S/C19H14ClNO3S/c1-12-4-2-3-5-14(12)10-17-18(23)21(19(24)25-17)11-16(22)13-6-8-15(20)9-7-13/h2-10H,11H2,1H3/b17-10+. The van der Waals surface area contributed by atoms with Crippen molar-refractivity contribution in [3.05, 3.63) is 75.1 Å². The molecule has 1 saturated heterocycles. The lowest BCUT2D eigenvalue weighted by Gasteiger charge is -2.11. The number of ketones is 1. The van der Waals surface area contributed by atoms with Crippen LogP contribution < -0.4 is 0 Å². The smallest absolute Gasteiger partial charge is 0.292 e. The van der Waals surface area contributed by atoms with Crippen LogP contribution in [0.1, 0.15) is 21.5 Å². The quantitative estimate of drug-likeness (QED) is 0.583. The Hall–Kier alpha value is -2.37. The van der Waals surface area contributed by atoms with Crippen LogP contribution in [0.25, 0.3) is 6.08 Å². The van der Waals surface area contributed by atoms with E-state index in [9.17, 15) is 14.4 Å². The van der Waals surface area contributed by atoms with Crippen molar-refractivity contribution in [1.29, 1.82) is 0 Å². The Kier molecular flexibility index (Phi) is 5.06. The number of rotatable bonds is 4. The Balaban J connectivity index is 1.79. The van der Waals surface area contributed by atoms with Crippen LogP contribution in [-0.4, -0.2) is 28.4 Å². The Labute approximate surface area is 154 Å². The molecule has 0 spiro atoms. The summed E-state index contributed by atoms with van der Waals surface area (Å²) in [6, 6.07) is 13.9. The topological polar surface area (TPSA) is 54.5 Å². The van der Waals surface area contributed by atoms with E-state index in [1.807, 2.05) is 31.2 Å². The summed E-state index contributed by atoms with van der Waals surface area (Å²) in [7, 11) is 0. The van der Waals surface area contributed by atoms with Crippen molar-refractivity contribution in [3.8, 4) is 0 Å². The summed E-state index contributed by atoms with van der Waals surface area (Å²) in [5.41, 5.74) is 2.29. The molecule has 4 nitrogen and oxygen atoms in total. The van der Waals surface area contributed by atoms with Crippen molar-refractivity contribution >= 4 is 46.4 Å². The highest BCUT2D eigenvalue weighted by Gasteiger charge is 2.36. The van der Waals surface area contributed by atoms with Crippen LogP contribution in [0, 0.1) is 6.92 Å². The zero-order valence-electron chi connectivity index (χ0n) is 13.4. The van der Waals surface area contributed by atoms with Gasteiger partial charge in [0.05, 0.1) is 11.4 Å². The Morgan fingerprint density at radius 3 is 2.48 bits per heavy atom. The Bertz CT molecular complexity index is 890. The summed E-state index contributed by atoms with van der Waals surface area (Å²) in [4.78, 5) is 38.2. The molecular weight excluding hydrogens is 358 g/mol. The second-order valence-corrected chi connectivity index (χ2v) is 6.98. The molecule has 2 amide bonds. The number of imide groups is 1. The number of aryl methyl sites for hydroxylation is 1. The van der Waals surface area contributed by atoms with Gasteiger partial charge in [-0.1, -0.05) is 35.9 Å². The third kappa shape index (κ3) is 3.83. The van der Waals surface area contributed by atoms with Gasteiger partial charge in [-0.3, -0.25) is 19.3 Å². The molecule has 0 radical (unpaired) electrons. The van der Waals surface area contributed by atoms with E-state index < -0.39 is 11.1 Å². The van der Waals surface area contributed by atoms with Gasteiger partial charge < -0.3 is 0 Å². The van der Waals surface area contributed by atoms with Gasteiger partial charge in [0.1, 0.15) is 0 Å². The predicted molar refractivity (Wildman–Crippen MR) is 99.6 cm³/mol. The number of carbonyl (C=O) groups is 3. The fourth-order valence-corrected chi connectivity index (χ4v) is 3.35. The first-order chi connectivity index (χ1) is 12.0. The van der Waals surface area contributed by atoms with Crippen molar-refractivity contribution in [2.75, 3.05) is 6.54 Å². The van der Waals surface area contributed by atoms with Gasteiger partial charge in [-0.05, 0) is 60.2 Å².